The fourth-order valence-electron chi connectivity index (χ4n) is 1.14. The van der Waals surface area contributed by atoms with E-state index >= 15 is 0 Å². The second kappa shape index (κ2) is 5.69. The predicted molar refractivity (Wildman–Crippen MR) is 72.9 cm³/mol. The van der Waals surface area contributed by atoms with E-state index < -0.39 is 17.0 Å². The van der Waals surface area contributed by atoms with Crippen LogP contribution < -0.4 is 16.4 Å². The van der Waals surface area contributed by atoms with E-state index in [1.807, 2.05) is 13.8 Å². The molecule has 1 unspecified atom stereocenters. The van der Waals surface area contributed by atoms with Crippen LogP contribution in [0, 0.1) is 5.41 Å². The van der Waals surface area contributed by atoms with E-state index in [1.165, 1.54) is 0 Å². The minimum absolute atomic E-state index is 0.0517. The van der Waals surface area contributed by atoms with Crippen molar-refractivity contribution in [2.75, 3.05) is 0 Å². The molecule has 0 radical (unpaired) electrons. The van der Waals surface area contributed by atoms with Crippen LogP contribution in [0.1, 0.15) is 48.5 Å². The molecule has 0 heterocycles. The van der Waals surface area contributed by atoms with Crippen molar-refractivity contribution in [3.05, 3.63) is 0 Å². The van der Waals surface area contributed by atoms with Gasteiger partial charge in [0.05, 0.1) is 5.41 Å². The summed E-state index contributed by atoms with van der Waals surface area (Å²) in [5.41, 5.74) is 4.57. The number of hydrogen-bond donors (Lipinski definition) is 3. The van der Waals surface area contributed by atoms with Gasteiger partial charge in [-0.25, -0.2) is 0 Å². The second-order valence-electron chi connectivity index (χ2n) is 6.21. The lowest BCUT2D eigenvalue weighted by molar-refractivity contribution is -0.136. The summed E-state index contributed by atoms with van der Waals surface area (Å²) in [5, 5.41) is 5.45. The Morgan fingerprint density at radius 2 is 1.44 bits per heavy atom. The summed E-state index contributed by atoms with van der Waals surface area (Å²) < 4.78 is 0. The molecule has 18 heavy (non-hydrogen) atoms. The van der Waals surface area contributed by atoms with E-state index in [2.05, 4.69) is 10.6 Å². The first-order valence-corrected chi connectivity index (χ1v) is 6.29. The van der Waals surface area contributed by atoms with Crippen LogP contribution in [0.3, 0.4) is 0 Å². The van der Waals surface area contributed by atoms with Crippen LogP contribution in [0.5, 0.6) is 0 Å². The summed E-state index contributed by atoms with van der Waals surface area (Å²) >= 11 is 0. The smallest absolute Gasteiger partial charge is 0.242 e. The lowest BCUT2D eigenvalue weighted by Gasteiger charge is -2.37. The maximum Gasteiger partial charge on any atom is 0.242 e. The molecule has 0 bridgehead atoms. The van der Waals surface area contributed by atoms with Gasteiger partial charge in [0.15, 0.2) is 0 Å². The zero-order valence-electron chi connectivity index (χ0n) is 12.5. The summed E-state index contributed by atoms with van der Waals surface area (Å²) in [4.78, 5) is 23.8. The van der Waals surface area contributed by atoms with Gasteiger partial charge in [0.25, 0.3) is 0 Å². The Bertz CT molecular complexity index is 317. The van der Waals surface area contributed by atoms with Gasteiger partial charge in [0.2, 0.25) is 11.8 Å². The number of hydrogen-bond acceptors (Lipinski definition) is 3. The Morgan fingerprint density at radius 1 is 1.00 bits per heavy atom. The average Bonchev–Trinajstić information content (AvgIpc) is 2.14. The molecule has 0 fully saturated rings. The van der Waals surface area contributed by atoms with E-state index in [4.69, 9.17) is 5.73 Å². The minimum Gasteiger partial charge on any atom is -0.352 e. The number of rotatable bonds is 5. The van der Waals surface area contributed by atoms with Crippen LogP contribution in [-0.4, -0.2) is 29.4 Å². The molecule has 5 heteroatoms. The molecule has 0 spiro atoms. The van der Waals surface area contributed by atoms with E-state index in [0.29, 0.717) is 0 Å². The van der Waals surface area contributed by atoms with Crippen LogP contribution in [0.15, 0.2) is 0 Å². The van der Waals surface area contributed by atoms with E-state index in [-0.39, 0.29) is 17.9 Å². The third-order valence-electron chi connectivity index (χ3n) is 3.35. The normalized spacial score (nSPS) is 14.3. The Kier molecular flexibility index (Phi) is 5.35. The van der Waals surface area contributed by atoms with Crippen molar-refractivity contribution < 1.29 is 9.59 Å². The van der Waals surface area contributed by atoms with Crippen LogP contribution >= 0.6 is 0 Å². The molecule has 4 N–H and O–H groups in total. The highest BCUT2D eigenvalue weighted by atomic mass is 16.2. The van der Waals surface area contributed by atoms with Crippen LogP contribution in [-0.2, 0) is 9.59 Å². The monoisotopic (exact) mass is 257 g/mol. The van der Waals surface area contributed by atoms with E-state index in [0.717, 1.165) is 0 Å². The van der Waals surface area contributed by atoms with Gasteiger partial charge in [0.1, 0.15) is 6.04 Å². The summed E-state index contributed by atoms with van der Waals surface area (Å²) in [5.74, 6) is -0.412. The van der Waals surface area contributed by atoms with Gasteiger partial charge < -0.3 is 16.4 Å². The van der Waals surface area contributed by atoms with Crippen LogP contribution in [0.2, 0.25) is 0 Å². The third kappa shape index (κ3) is 4.29. The second-order valence-corrected chi connectivity index (χ2v) is 6.21. The maximum atomic E-state index is 12.1. The minimum atomic E-state index is -0.751. The molecule has 0 aromatic heterocycles. The van der Waals surface area contributed by atoms with Gasteiger partial charge in [0, 0.05) is 11.6 Å². The number of nitrogens with one attached hydrogen (secondary N) is 2. The molecule has 0 aliphatic rings. The molecule has 2 amide bonds. The van der Waals surface area contributed by atoms with Gasteiger partial charge in [-0.1, -0.05) is 0 Å². The highest BCUT2D eigenvalue weighted by Crippen LogP contribution is 2.28. The Labute approximate surface area is 110 Å². The fraction of sp³-hybridized carbons (Fsp3) is 0.846. The quantitative estimate of drug-likeness (QED) is 0.680. The summed E-state index contributed by atoms with van der Waals surface area (Å²) in [6, 6.07) is -0.516. The van der Waals surface area contributed by atoms with Crippen molar-refractivity contribution in [3.63, 3.8) is 0 Å². The van der Waals surface area contributed by atoms with E-state index in [1.54, 1.807) is 34.6 Å². The predicted octanol–water partition coefficient (Wildman–Crippen LogP) is 0.779. The zero-order valence-corrected chi connectivity index (χ0v) is 12.5. The lowest BCUT2D eigenvalue weighted by atomic mass is 9.74. The van der Waals surface area contributed by atoms with Gasteiger partial charge >= 0.3 is 0 Å². The zero-order chi connectivity index (χ0) is 14.7. The summed E-state index contributed by atoms with van der Waals surface area (Å²) in [6.45, 7) is 12.6. The first-order chi connectivity index (χ1) is 7.89. The van der Waals surface area contributed by atoms with E-state index in [9.17, 15) is 9.59 Å². The number of nitrogens with two attached hydrogens (primary N) is 1. The largest absolute Gasteiger partial charge is 0.352 e. The summed E-state index contributed by atoms with van der Waals surface area (Å²) in [7, 11) is 0. The van der Waals surface area contributed by atoms with Gasteiger partial charge in [-0.3, -0.25) is 9.59 Å². The molecule has 0 saturated heterocycles. The molecule has 0 aliphatic heterocycles. The standard InChI is InChI=1S/C13H27N3O2/c1-8(2)15-10(17)9(3)16-11(18)12(4,5)13(6,7)14/h8-9H,14H2,1-7H3,(H,15,17)(H,16,18). The van der Waals surface area contributed by atoms with Gasteiger partial charge in [-0.15, -0.1) is 0 Å². The van der Waals surface area contributed by atoms with Crippen LogP contribution in [0.4, 0.5) is 0 Å². The van der Waals surface area contributed by atoms with Crippen molar-refractivity contribution in [2.45, 2.75) is 66.1 Å². The third-order valence-corrected chi connectivity index (χ3v) is 3.35. The highest BCUT2D eigenvalue weighted by Gasteiger charge is 2.41. The molecule has 0 saturated carbocycles. The molecule has 106 valence electrons. The molecule has 0 aromatic rings. The van der Waals surface area contributed by atoms with Crippen molar-refractivity contribution in [3.8, 4) is 0 Å². The SMILES string of the molecule is CC(C)NC(=O)C(C)NC(=O)C(C)(C)C(C)(C)N. The molecular formula is C13H27N3O2. The number of carbonyl (C=O) groups is 2. The Morgan fingerprint density at radius 3 is 1.78 bits per heavy atom. The van der Waals surface area contributed by atoms with Crippen LogP contribution in [0.25, 0.3) is 0 Å². The molecule has 0 aromatic carbocycles. The molecule has 0 aliphatic carbocycles. The topological polar surface area (TPSA) is 84.2 Å². The maximum absolute atomic E-state index is 12.1. The molecular weight excluding hydrogens is 230 g/mol. The summed E-state index contributed by atoms with van der Waals surface area (Å²) in [6.07, 6.45) is 0. The number of carbonyl (C=O) groups excluding carboxylic acids is 2. The lowest BCUT2D eigenvalue weighted by Crippen LogP contribution is -2.58. The van der Waals surface area contributed by atoms with Gasteiger partial charge in [-0.2, -0.15) is 0 Å². The Balaban J connectivity index is 4.63. The highest BCUT2D eigenvalue weighted by molar-refractivity contribution is 5.90. The van der Waals surface area contributed by atoms with Crippen molar-refractivity contribution in [2.24, 2.45) is 11.1 Å². The molecule has 5 nitrogen and oxygen atoms in total. The molecule has 0 rings (SSSR count). The average molecular weight is 257 g/mol. The van der Waals surface area contributed by atoms with Gasteiger partial charge in [-0.05, 0) is 48.5 Å². The van der Waals surface area contributed by atoms with Crippen molar-refractivity contribution in [1.29, 1.82) is 0 Å². The first-order valence-electron chi connectivity index (χ1n) is 6.29. The first kappa shape index (κ1) is 16.9. The van der Waals surface area contributed by atoms with Crippen molar-refractivity contribution >= 4 is 11.8 Å². The van der Waals surface area contributed by atoms with Crippen molar-refractivity contribution in [1.82, 2.24) is 10.6 Å². The molecule has 1 atom stereocenters. The number of amides is 2. The fourth-order valence-corrected chi connectivity index (χ4v) is 1.14. The Hall–Kier alpha value is -1.10.